The number of nitrogens with two attached hydrogens (primary N) is 1. The number of hydrogen-bond acceptors (Lipinski definition) is 2. The van der Waals surface area contributed by atoms with Crippen molar-refractivity contribution in [2.24, 2.45) is 11.7 Å². The van der Waals surface area contributed by atoms with Crippen LogP contribution in [0.4, 0.5) is 10.1 Å². The number of rotatable bonds is 4. The molecule has 1 saturated carbocycles. The van der Waals surface area contributed by atoms with Crippen LogP contribution < -0.4 is 10.6 Å². The van der Waals surface area contributed by atoms with Gasteiger partial charge in [-0.2, -0.15) is 0 Å². The Kier molecular flexibility index (Phi) is 4.17. The maximum absolute atomic E-state index is 13.8. The largest absolute Gasteiger partial charge is 0.389 e. The molecule has 0 saturated heterocycles. The van der Waals surface area contributed by atoms with Crippen molar-refractivity contribution in [2.75, 3.05) is 18.5 Å². The lowest BCUT2D eigenvalue weighted by atomic mass is 10.1. The molecule has 4 heteroatoms. The summed E-state index contributed by atoms with van der Waals surface area (Å²) in [5.74, 6) is 0.409. The molecule has 0 heterocycles. The van der Waals surface area contributed by atoms with Crippen molar-refractivity contribution in [3.63, 3.8) is 0 Å². The molecule has 0 aromatic heterocycles. The van der Waals surface area contributed by atoms with Crippen LogP contribution in [0.5, 0.6) is 0 Å². The fourth-order valence-electron chi connectivity index (χ4n) is 2.63. The standard InChI is InChI=1S/C14H19FN2S/c1-17(9-10-4-2-3-5-10)11-6-7-12(14(16)18)13(15)8-11/h6-8,10H,2-5,9H2,1H3,(H2,16,18). The van der Waals surface area contributed by atoms with E-state index in [0.29, 0.717) is 5.56 Å². The van der Waals surface area contributed by atoms with E-state index in [9.17, 15) is 4.39 Å². The second-order valence-corrected chi connectivity index (χ2v) is 5.50. The highest BCUT2D eigenvalue weighted by Gasteiger charge is 2.17. The molecule has 1 aliphatic carbocycles. The molecule has 1 aromatic rings. The Hall–Kier alpha value is -1.16. The zero-order chi connectivity index (χ0) is 13.1. The Morgan fingerprint density at radius 3 is 2.67 bits per heavy atom. The first-order chi connectivity index (χ1) is 8.58. The quantitative estimate of drug-likeness (QED) is 0.849. The highest BCUT2D eigenvalue weighted by Crippen LogP contribution is 2.27. The van der Waals surface area contributed by atoms with Gasteiger partial charge in [0.05, 0.1) is 0 Å². The van der Waals surface area contributed by atoms with Gasteiger partial charge in [0.1, 0.15) is 10.8 Å². The van der Waals surface area contributed by atoms with Crippen LogP contribution in [0, 0.1) is 11.7 Å². The third-order valence-electron chi connectivity index (χ3n) is 3.67. The van der Waals surface area contributed by atoms with Crippen LogP contribution >= 0.6 is 12.2 Å². The van der Waals surface area contributed by atoms with Crippen molar-refractivity contribution in [3.8, 4) is 0 Å². The normalized spacial score (nSPS) is 15.9. The molecule has 0 aliphatic heterocycles. The van der Waals surface area contributed by atoms with Gasteiger partial charge < -0.3 is 10.6 Å². The summed E-state index contributed by atoms with van der Waals surface area (Å²) in [5, 5.41) is 0. The Balaban J connectivity index is 2.08. The first-order valence-corrected chi connectivity index (χ1v) is 6.79. The highest BCUT2D eigenvalue weighted by atomic mass is 32.1. The van der Waals surface area contributed by atoms with Gasteiger partial charge in [-0.3, -0.25) is 0 Å². The lowest BCUT2D eigenvalue weighted by Crippen LogP contribution is -2.24. The maximum Gasteiger partial charge on any atom is 0.135 e. The van der Waals surface area contributed by atoms with E-state index in [1.165, 1.54) is 31.7 Å². The topological polar surface area (TPSA) is 29.3 Å². The predicted octanol–water partition coefficient (Wildman–Crippen LogP) is 3.09. The molecular formula is C14H19FN2S. The zero-order valence-corrected chi connectivity index (χ0v) is 11.5. The fraction of sp³-hybridized carbons (Fsp3) is 0.500. The lowest BCUT2D eigenvalue weighted by molar-refractivity contribution is 0.546. The van der Waals surface area contributed by atoms with Gasteiger partial charge in [0.15, 0.2) is 0 Å². The molecule has 1 aliphatic rings. The van der Waals surface area contributed by atoms with Gasteiger partial charge in [-0.05, 0) is 37.0 Å². The Bertz CT molecular complexity index is 441. The minimum Gasteiger partial charge on any atom is -0.389 e. The monoisotopic (exact) mass is 266 g/mol. The molecule has 2 nitrogen and oxygen atoms in total. The minimum atomic E-state index is -0.335. The van der Waals surface area contributed by atoms with Crippen molar-refractivity contribution < 1.29 is 4.39 Å². The second-order valence-electron chi connectivity index (χ2n) is 5.06. The van der Waals surface area contributed by atoms with Crippen LogP contribution in [0.3, 0.4) is 0 Å². The van der Waals surface area contributed by atoms with Gasteiger partial charge in [-0.1, -0.05) is 25.1 Å². The summed E-state index contributed by atoms with van der Waals surface area (Å²) in [5.41, 5.74) is 6.66. The number of anilines is 1. The van der Waals surface area contributed by atoms with E-state index in [4.69, 9.17) is 18.0 Å². The average Bonchev–Trinajstić information content (AvgIpc) is 2.81. The molecule has 98 valence electrons. The maximum atomic E-state index is 13.8. The number of benzene rings is 1. The fourth-order valence-corrected chi connectivity index (χ4v) is 2.79. The average molecular weight is 266 g/mol. The molecule has 18 heavy (non-hydrogen) atoms. The SMILES string of the molecule is CN(CC1CCCC1)c1ccc(C(N)=S)c(F)c1. The summed E-state index contributed by atoms with van der Waals surface area (Å²) in [6.45, 7) is 0.992. The van der Waals surface area contributed by atoms with Gasteiger partial charge in [-0.15, -0.1) is 0 Å². The van der Waals surface area contributed by atoms with Crippen molar-refractivity contribution in [1.29, 1.82) is 0 Å². The second kappa shape index (κ2) is 5.65. The zero-order valence-electron chi connectivity index (χ0n) is 10.7. The van der Waals surface area contributed by atoms with Crippen molar-refractivity contribution in [1.82, 2.24) is 0 Å². The first-order valence-electron chi connectivity index (χ1n) is 6.38. The summed E-state index contributed by atoms with van der Waals surface area (Å²) in [6.07, 6.45) is 5.23. The van der Waals surface area contributed by atoms with E-state index >= 15 is 0 Å². The molecule has 1 aromatic carbocycles. The molecule has 0 bridgehead atoms. The molecule has 0 unspecified atom stereocenters. The van der Waals surface area contributed by atoms with E-state index in [1.54, 1.807) is 6.07 Å². The van der Waals surface area contributed by atoms with E-state index in [0.717, 1.165) is 18.2 Å². The van der Waals surface area contributed by atoms with Crippen LogP contribution in [0.2, 0.25) is 0 Å². The van der Waals surface area contributed by atoms with Gasteiger partial charge in [0.25, 0.3) is 0 Å². The van der Waals surface area contributed by atoms with Crippen molar-refractivity contribution in [3.05, 3.63) is 29.6 Å². The molecule has 0 radical (unpaired) electrons. The lowest BCUT2D eigenvalue weighted by Gasteiger charge is -2.23. The van der Waals surface area contributed by atoms with Crippen molar-refractivity contribution >= 4 is 22.9 Å². The number of nitrogens with zero attached hydrogens (tertiary/aromatic N) is 1. The van der Waals surface area contributed by atoms with Crippen LogP contribution in [0.15, 0.2) is 18.2 Å². The Morgan fingerprint density at radius 2 is 2.11 bits per heavy atom. The number of thiocarbonyl (C=S) groups is 1. The van der Waals surface area contributed by atoms with E-state index < -0.39 is 0 Å². The summed E-state index contributed by atoms with van der Waals surface area (Å²) in [6, 6.07) is 5.06. The molecule has 0 spiro atoms. The van der Waals surface area contributed by atoms with Gasteiger partial charge in [0.2, 0.25) is 0 Å². The molecule has 2 rings (SSSR count). The summed E-state index contributed by atoms with van der Waals surface area (Å²) >= 11 is 4.80. The smallest absolute Gasteiger partial charge is 0.135 e. The van der Waals surface area contributed by atoms with Crippen LogP contribution in [0.25, 0.3) is 0 Å². The first kappa shape index (κ1) is 13.3. The summed E-state index contributed by atoms with van der Waals surface area (Å²) < 4.78 is 13.8. The molecular weight excluding hydrogens is 247 g/mol. The van der Waals surface area contributed by atoms with E-state index in [2.05, 4.69) is 4.90 Å². The van der Waals surface area contributed by atoms with Crippen LogP contribution in [-0.4, -0.2) is 18.6 Å². The van der Waals surface area contributed by atoms with Gasteiger partial charge >= 0.3 is 0 Å². The number of hydrogen-bond donors (Lipinski definition) is 1. The third kappa shape index (κ3) is 2.99. The van der Waals surface area contributed by atoms with Gasteiger partial charge in [0, 0.05) is 24.8 Å². The molecule has 2 N–H and O–H groups in total. The highest BCUT2D eigenvalue weighted by molar-refractivity contribution is 7.80. The number of halogens is 1. The summed E-state index contributed by atoms with van der Waals surface area (Å²) in [7, 11) is 2.01. The Morgan fingerprint density at radius 1 is 1.44 bits per heavy atom. The molecule has 1 fully saturated rings. The van der Waals surface area contributed by atoms with Crippen LogP contribution in [-0.2, 0) is 0 Å². The van der Waals surface area contributed by atoms with E-state index in [1.807, 2.05) is 13.1 Å². The summed E-state index contributed by atoms with van der Waals surface area (Å²) in [4.78, 5) is 2.22. The molecule has 0 atom stereocenters. The van der Waals surface area contributed by atoms with Crippen LogP contribution in [0.1, 0.15) is 31.2 Å². The van der Waals surface area contributed by atoms with E-state index in [-0.39, 0.29) is 10.8 Å². The Labute approximate surface area is 113 Å². The van der Waals surface area contributed by atoms with Crippen molar-refractivity contribution in [2.45, 2.75) is 25.7 Å². The van der Waals surface area contributed by atoms with Gasteiger partial charge in [-0.25, -0.2) is 4.39 Å². The third-order valence-corrected chi connectivity index (χ3v) is 3.89. The predicted molar refractivity (Wildman–Crippen MR) is 77.5 cm³/mol. The minimum absolute atomic E-state index is 0.109. The molecule has 0 amide bonds.